The first-order valence-corrected chi connectivity index (χ1v) is 45.1. The number of carboxylic acids is 3. The zero-order valence-corrected chi connectivity index (χ0v) is 77.1. The molecule has 1 fully saturated rings. The molecule has 1 aliphatic rings. The Labute approximate surface area is 773 Å². The number of nitrogens with zero attached hydrogens (tertiary/aromatic N) is 2. The van der Waals surface area contributed by atoms with Crippen molar-refractivity contribution >= 4 is 197 Å². The highest BCUT2D eigenvalue weighted by atomic mass is 32.2. The molecule has 2 aromatic heterocycles. The number of primary amides is 1. The summed E-state index contributed by atoms with van der Waals surface area (Å²) in [6.45, 7) is 10.1. The second-order valence-electron chi connectivity index (χ2n) is 31.4. The third-order valence-corrected chi connectivity index (χ3v) is 22.3. The van der Waals surface area contributed by atoms with E-state index in [4.69, 9.17) is 11.5 Å². The number of fused-ring (bicyclic) bond motifs is 1. The zero-order valence-electron chi connectivity index (χ0n) is 72.7. The number of aliphatic hydroxyl groups excluding tert-OH is 1. The summed E-state index contributed by atoms with van der Waals surface area (Å²) in [6.07, 6.45) is 1.14. The van der Waals surface area contributed by atoms with Gasteiger partial charge in [-0.25, -0.2) is 4.98 Å². The Morgan fingerprint density at radius 2 is 0.908 bits per heavy atom. The highest BCUT2D eigenvalue weighted by Gasteiger charge is 2.42. The minimum Gasteiger partial charge on any atom is -0.481 e. The van der Waals surface area contributed by atoms with Gasteiger partial charge in [-0.1, -0.05) is 59.7 Å². The Balaban J connectivity index is 1.42. The third kappa shape index (κ3) is 35.8. The van der Waals surface area contributed by atoms with Gasteiger partial charge in [0, 0.05) is 77.8 Å². The van der Waals surface area contributed by atoms with Crippen molar-refractivity contribution < 1.29 is 121 Å². The van der Waals surface area contributed by atoms with Crippen molar-refractivity contribution in [2.24, 2.45) is 29.2 Å². The summed E-state index contributed by atoms with van der Waals surface area (Å²) in [5.41, 5.74) is 12.4. The fourth-order valence-corrected chi connectivity index (χ4v) is 14.3. The van der Waals surface area contributed by atoms with E-state index < -0.39 is 307 Å². The van der Waals surface area contributed by atoms with E-state index in [1.165, 1.54) is 65.8 Å². The second kappa shape index (κ2) is 54.9. The number of para-hydroxylation sites is 1. The third-order valence-electron chi connectivity index (χ3n) is 20.2. The quantitative estimate of drug-likeness (QED) is 0.0233. The highest BCUT2D eigenvalue weighted by molar-refractivity contribution is 7.98. The maximum absolute atomic E-state index is 14.5. The number of aliphatic carboxylic acids is 3. The van der Waals surface area contributed by atoms with Crippen molar-refractivity contribution in [3.8, 4) is 0 Å². The Morgan fingerprint density at radius 1 is 0.492 bits per heavy atom. The summed E-state index contributed by atoms with van der Waals surface area (Å²) < 4.78 is 0. The van der Waals surface area contributed by atoms with Gasteiger partial charge in [-0.3, -0.25) is 101 Å². The first-order chi connectivity index (χ1) is 61.2. The van der Waals surface area contributed by atoms with Crippen molar-refractivity contribution in [3.05, 3.63) is 54.2 Å². The average molecular weight is 1920 g/mol. The number of aromatic nitrogens is 3. The highest BCUT2D eigenvalue weighted by Crippen LogP contribution is 2.22. The molecule has 0 radical (unpaired) electrons. The van der Waals surface area contributed by atoms with Crippen LogP contribution in [0.2, 0.25) is 0 Å². The van der Waals surface area contributed by atoms with Gasteiger partial charge < -0.3 is 132 Å². The van der Waals surface area contributed by atoms with Crippen LogP contribution in [0.25, 0.3) is 10.9 Å². The molecule has 720 valence electrons. The summed E-state index contributed by atoms with van der Waals surface area (Å²) in [6, 6.07) is -17.9. The molecule has 0 unspecified atom stereocenters. The van der Waals surface area contributed by atoms with Crippen LogP contribution < -0.4 is 96.5 Å². The number of likely N-dealkylation sites (tertiary alicyclic amines) is 1. The fourth-order valence-electron chi connectivity index (χ4n) is 12.8. The van der Waals surface area contributed by atoms with Crippen molar-refractivity contribution in [2.75, 3.05) is 54.7 Å². The Morgan fingerprint density at radius 3 is 1.39 bits per heavy atom. The predicted octanol–water partition coefficient (Wildman–Crippen LogP) is -7.85. The molecular weight excluding hydrogens is 1810 g/mol. The summed E-state index contributed by atoms with van der Waals surface area (Å²) >= 11 is 18.1. The number of thiol groups is 4. The van der Waals surface area contributed by atoms with E-state index in [-0.39, 0.29) is 44.4 Å². The zero-order chi connectivity index (χ0) is 97.7. The van der Waals surface area contributed by atoms with Gasteiger partial charge >= 0.3 is 17.9 Å². The smallest absolute Gasteiger partial charge is 0.325 e. The predicted molar refractivity (Wildman–Crippen MR) is 481 cm³/mol. The number of hydrogen-bond donors (Lipinski definition) is 28. The standard InChI is InChI=1S/C78H118N22O25S5/c1-34(2)60(97-55(103)27-83-74(120)59(80)38(8)101)75(121)92-48(24-58(107)108)69(115)94-50(30-127)70(116)87-43(16-17-54(79)102)64(110)93-49(29-126)63(109)84-28-56(104)100-19-12-15-53(100)73(119)99-62(36(5)6)76(122)91-46(22-40-26-81-33-85-40)67(113)95-52(32-129)72(118)98-61(35(3)4)77(123)96-51(31-128)71(117)88-44(18-20-130-9)65(111)90-47(23-57(105)106)68(114)89-45(66(112)86-37(7)78(124)125)21-39-25-82-42-14-11-10-13-41(39)42/h10-11,13-14,25-26,33-38,43-53,59-62,82,101,126-129H,12,15-24,27-32,80H2,1-9H3,(H2,79,102)(H,81,85)(H,83,120)(H,84,109)(H,86,112)(H,87,116)(H,88,117)(H,89,114)(H,90,111)(H,91,122)(H,92,121)(H,93,110)(H,94,115)(H,95,113)(H,96,123)(H,97,103)(H,98,118)(H,99,119)(H,105,106)(H,107,108)(H,124,125)/t37-,38+,43-,44-,45-,46-,47-,48-,49-,50-,51-,52-,53-,59-,60-,61-,62-/m0/s1. The van der Waals surface area contributed by atoms with Gasteiger partial charge in [0.15, 0.2) is 0 Å². The number of nitrogens with two attached hydrogens (primary N) is 2. The number of carbonyl (C=O) groups is 21. The van der Waals surface area contributed by atoms with E-state index in [0.29, 0.717) is 22.2 Å². The Kier molecular flexibility index (Phi) is 46.8. The van der Waals surface area contributed by atoms with E-state index in [1.54, 1.807) is 50.6 Å². The molecule has 47 nitrogen and oxygen atoms in total. The van der Waals surface area contributed by atoms with Crippen LogP contribution in [0, 0.1) is 17.8 Å². The SMILES string of the molecule is CSCC[C@H](NC(=O)[C@H](CS)NC(=O)[C@@H](NC(=O)[C@H](CS)NC(=O)[C@H](Cc1cnc[nH]1)NC(=O)[C@@H](NC(=O)[C@@H]1CCCN1C(=O)CNC(=O)[C@H](CS)NC(=O)[C@H](CCC(N)=O)NC(=O)[C@H](CS)NC(=O)[C@H](CC(=O)O)NC(=O)[C@@H](NC(=O)CNC(=O)[C@@H](N)[C@@H](C)O)C(C)C)C(C)C)C(C)C)C(=O)N[C@@H](CC(=O)O)C(=O)N[C@@H](Cc1c[nH]c2ccccc12)C(=O)N[C@@H](C)C(=O)O. The molecule has 26 N–H and O–H groups in total. The lowest BCUT2D eigenvalue weighted by Gasteiger charge is -2.30. The van der Waals surface area contributed by atoms with Gasteiger partial charge in [0.25, 0.3) is 0 Å². The number of rotatable bonds is 56. The van der Waals surface area contributed by atoms with E-state index in [0.717, 1.165) is 4.90 Å². The maximum Gasteiger partial charge on any atom is 0.325 e. The molecular formula is C78H118N22O25S5. The molecule has 0 spiro atoms. The monoisotopic (exact) mass is 1920 g/mol. The minimum atomic E-state index is -1.92. The number of benzene rings is 1. The Hall–Kier alpha value is -11.5. The average Bonchev–Trinajstić information content (AvgIpc) is 1.80. The van der Waals surface area contributed by atoms with Crippen LogP contribution in [-0.2, 0) is 114 Å². The second-order valence-corrected chi connectivity index (χ2v) is 33.9. The number of carbonyl (C=O) groups excluding carboxylic acids is 18. The van der Waals surface area contributed by atoms with E-state index in [9.17, 15) is 121 Å². The van der Waals surface area contributed by atoms with Crippen LogP contribution in [0.15, 0.2) is 43.0 Å². The molecule has 3 heterocycles. The number of amides is 18. The summed E-state index contributed by atoms with van der Waals surface area (Å²) in [4.78, 5) is 294. The van der Waals surface area contributed by atoms with E-state index >= 15 is 0 Å². The van der Waals surface area contributed by atoms with Gasteiger partial charge in [0.1, 0.15) is 96.7 Å². The Bertz CT molecular complexity index is 4510. The number of hydrogen-bond acceptors (Lipinski definition) is 29. The lowest BCUT2D eigenvalue weighted by atomic mass is 10.0. The van der Waals surface area contributed by atoms with Gasteiger partial charge in [0.05, 0.1) is 38.4 Å². The van der Waals surface area contributed by atoms with Gasteiger partial charge in [-0.15, -0.1) is 0 Å². The van der Waals surface area contributed by atoms with Gasteiger partial charge in [0.2, 0.25) is 106 Å². The van der Waals surface area contributed by atoms with Crippen LogP contribution in [0.3, 0.4) is 0 Å². The van der Waals surface area contributed by atoms with Crippen LogP contribution in [-0.4, -0.2) is 322 Å². The van der Waals surface area contributed by atoms with Crippen LogP contribution >= 0.6 is 62.3 Å². The number of nitrogens with one attached hydrogen (secondary N) is 18. The summed E-state index contributed by atoms with van der Waals surface area (Å²) in [5.74, 6) is -26.3. The molecule has 0 saturated carbocycles. The van der Waals surface area contributed by atoms with Crippen molar-refractivity contribution in [1.29, 1.82) is 0 Å². The lowest BCUT2D eigenvalue weighted by molar-refractivity contribution is -0.143. The molecule has 4 rings (SSSR count). The number of imidazole rings is 1. The van der Waals surface area contributed by atoms with Crippen molar-refractivity contribution in [2.45, 2.75) is 216 Å². The van der Waals surface area contributed by atoms with Crippen molar-refractivity contribution in [1.82, 2.24) is 105 Å². The van der Waals surface area contributed by atoms with Crippen LogP contribution in [0.4, 0.5) is 0 Å². The fraction of sp³-hybridized carbons (Fsp3) is 0.590. The first kappa shape index (κ1) is 111. The van der Waals surface area contributed by atoms with Crippen LogP contribution in [0.5, 0.6) is 0 Å². The van der Waals surface area contributed by atoms with Gasteiger partial charge in [-0.05, 0) is 80.9 Å². The number of H-pyrrole nitrogens is 2. The maximum atomic E-state index is 14.5. The molecule has 0 aliphatic carbocycles. The normalized spacial score (nSPS) is 16.1. The molecule has 1 saturated heterocycles. The number of thioether (sulfide) groups is 1. The minimum absolute atomic E-state index is 0.0224. The molecule has 52 heteroatoms. The molecule has 1 aliphatic heterocycles. The summed E-state index contributed by atoms with van der Waals surface area (Å²) in [7, 11) is 0. The van der Waals surface area contributed by atoms with Crippen LogP contribution in [0.1, 0.15) is 112 Å². The number of aliphatic hydroxyl groups is 1. The van der Waals surface area contributed by atoms with E-state index in [2.05, 4.69) is 151 Å². The van der Waals surface area contributed by atoms with E-state index in [1.807, 2.05) is 0 Å². The topological polar surface area (TPSA) is 732 Å². The number of aromatic amines is 2. The van der Waals surface area contributed by atoms with Gasteiger partial charge in [-0.2, -0.15) is 62.3 Å². The summed E-state index contributed by atoms with van der Waals surface area (Å²) in [5, 5.41) is 77.9. The molecule has 17 atom stereocenters. The lowest BCUT2D eigenvalue weighted by Crippen LogP contribution is -2.62. The van der Waals surface area contributed by atoms with Crippen molar-refractivity contribution in [3.63, 3.8) is 0 Å². The number of carboxylic acid groups (broad SMARTS) is 3. The first-order valence-electron chi connectivity index (χ1n) is 41.1. The largest absolute Gasteiger partial charge is 0.481 e. The molecule has 18 amide bonds. The molecule has 130 heavy (non-hydrogen) atoms. The molecule has 1 aromatic carbocycles. The molecule has 3 aromatic rings. The molecule has 0 bridgehead atoms.